The highest BCUT2D eigenvalue weighted by Crippen LogP contribution is 2.32. The number of carbonyl (C=O) groups excluding carboxylic acids is 2. The summed E-state index contributed by atoms with van der Waals surface area (Å²) in [5.41, 5.74) is 0.0878. The quantitative estimate of drug-likeness (QED) is 0.621. The lowest BCUT2D eigenvalue weighted by atomic mass is 9.91. The molecule has 0 bridgehead atoms. The van der Waals surface area contributed by atoms with E-state index >= 15 is 0 Å². The van der Waals surface area contributed by atoms with E-state index in [1.54, 1.807) is 0 Å². The Labute approximate surface area is 177 Å². The summed E-state index contributed by atoms with van der Waals surface area (Å²) in [5, 5.41) is 6.38. The fraction of sp³-hybridized carbons (Fsp3) is 0.273. The third-order valence-electron chi connectivity index (χ3n) is 5.34. The Morgan fingerprint density at radius 1 is 1.13 bits per heavy atom. The normalized spacial score (nSPS) is 18.7. The molecule has 1 atom stereocenters. The maximum absolute atomic E-state index is 14.3. The molecule has 2 heterocycles. The standard InChI is InChI=1S/C22H20F2N4O3/c1-12(2)13-4-6-14(7-5-13)19-25-18(31-27-19)11-28-20(29)22(3,26-21(28)30)16-9-8-15(23)10-17(16)24/h4-10,12H,11H2,1-3H3,(H,26,30)/t22-/m1/s1. The van der Waals surface area contributed by atoms with Crippen LogP contribution in [0.4, 0.5) is 13.6 Å². The van der Waals surface area contributed by atoms with Crippen molar-refractivity contribution in [3.63, 3.8) is 0 Å². The van der Waals surface area contributed by atoms with Crippen molar-refractivity contribution in [1.82, 2.24) is 20.4 Å². The topological polar surface area (TPSA) is 88.3 Å². The van der Waals surface area contributed by atoms with Crippen molar-refractivity contribution in [1.29, 1.82) is 0 Å². The summed E-state index contributed by atoms with van der Waals surface area (Å²) < 4.78 is 32.7. The molecule has 0 spiro atoms. The lowest BCUT2D eigenvalue weighted by Crippen LogP contribution is -2.41. The lowest BCUT2D eigenvalue weighted by molar-refractivity contribution is -0.131. The van der Waals surface area contributed by atoms with E-state index in [1.165, 1.54) is 12.5 Å². The molecule has 1 N–H and O–H groups in total. The molecular weight excluding hydrogens is 406 g/mol. The largest absolute Gasteiger partial charge is 0.337 e. The fourth-order valence-corrected chi connectivity index (χ4v) is 3.51. The third-order valence-corrected chi connectivity index (χ3v) is 5.34. The molecule has 1 aromatic heterocycles. The molecule has 2 aromatic carbocycles. The zero-order valence-corrected chi connectivity index (χ0v) is 17.1. The van der Waals surface area contributed by atoms with Crippen LogP contribution in [-0.2, 0) is 16.9 Å². The molecule has 3 aromatic rings. The van der Waals surface area contributed by atoms with Crippen LogP contribution in [0.1, 0.15) is 43.7 Å². The number of urea groups is 1. The van der Waals surface area contributed by atoms with Gasteiger partial charge in [-0.3, -0.25) is 9.69 Å². The predicted octanol–water partition coefficient (Wildman–Crippen LogP) is 4.11. The summed E-state index contributed by atoms with van der Waals surface area (Å²) in [6, 6.07) is 9.76. The van der Waals surface area contributed by atoms with Crippen LogP contribution >= 0.6 is 0 Å². The molecule has 1 fully saturated rings. The maximum Gasteiger partial charge on any atom is 0.325 e. The Hall–Kier alpha value is -3.62. The summed E-state index contributed by atoms with van der Waals surface area (Å²) in [6.07, 6.45) is 0. The van der Waals surface area contributed by atoms with E-state index in [1.807, 2.05) is 24.3 Å². The van der Waals surface area contributed by atoms with Gasteiger partial charge < -0.3 is 9.84 Å². The van der Waals surface area contributed by atoms with Gasteiger partial charge in [0.2, 0.25) is 11.7 Å². The number of benzene rings is 2. The highest BCUT2D eigenvalue weighted by Gasteiger charge is 2.50. The first-order chi connectivity index (χ1) is 14.7. The molecule has 7 nitrogen and oxygen atoms in total. The molecule has 4 rings (SSSR count). The summed E-state index contributed by atoms with van der Waals surface area (Å²) in [5.74, 6) is -1.65. The van der Waals surface area contributed by atoms with Crippen molar-refractivity contribution < 1.29 is 22.9 Å². The number of nitrogens with one attached hydrogen (secondary N) is 1. The Balaban J connectivity index is 1.55. The van der Waals surface area contributed by atoms with Gasteiger partial charge in [-0.1, -0.05) is 49.3 Å². The summed E-state index contributed by atoms with van der Waals surface area (Å²) >= 11 is 0. The van der Waals surface area contributed by atoms with E-state index in [-0.39, 0.29) is 18.0 Å². The van der Waals surface area contributed by atoms with Crippen molar-refractivity contribution in [2.75, 3.05) is 0 Å². The van der Waals surface area contributed by atoms with Crippen molar-refractivity contribution in [2.45, 2.75) is 38.8 Å². The van der Waals surface area contributed by atoms with Crippen LogP contribution in [0.2, 0.25) is 0 Å². The molecule has 1 aliphatic rings. The fourth-order valence-electron chi connectivity index (χ4n) is 3.51. The zero-order chi connectivity index (χ0) is 22.3. The van der Waals surface area contributed by atoms with Gasteiger partial charge in [0.1, 0.15) is 23.7 Å². The first-order valence-corrected chi connectivity index (χ1v) is 9.71. The third kappa shape index (κ3) is 3.67. The molecule has 1 aliphatic heterocycles. The van der Waals surface area contributed by atoms with Crippen LogP contribution in [0.3, 0.4) is 0 Å². The summed E-state index contributed by atoms with van der Waals surface area (Å²) in [7, 11) is 0. The smallest absolute Gasteiger partial charge is 0.325 e. The van der Waals surface area contributed by atoms with Crippen LogP contribution in [-0.4, -0.2) is 27.0 Å². The first-order valence-electron chi connectivity index (χ1n) is 9.71. The maximum atomic E-state index is 14.3. The number of amides is 3. The van der Waals surface area contributed by atoms with E-state index in [4.69, 9.17) is 4.52 Å². The van der Waals surface area contributed by atoms with Crippen molar-refractivity contribution in [2.24, 2.45) is 0 Å². The average Bonchev–Trinajstić information content (AvgIpc) is 3.27. The van der Waals surface area contributed by atoms with Gasteiger partial charge in [-0.25, -0.2) is 13.6 Å². The number of rotatable bonds is 5. The molecule has 0 saturated carbocycles. The Morgan fingerprint density at radius 2 is 1.84 bits per heavy atom. The Kier molecular flexibility index (Phi) is 5.04. The highest BCUT2D eigenvalue weighted by molar-refractivity contribution is 6.07. The molecule has 160 valence electrons. The number of imide groups is 1. The molecular formula is C22H20F2N4O3. The second kappa shape index (κ2) is 7.57. The van der Waals surface area contributed by atoms with Gasteiger partial charge >= 0.3 is 6.03 Å². The SMILES string of the molecule is CC(C)c1ccc(-c2noc(CN3C(=O)N[C@](C)(c4ccc(F)cc4F)C3=O)n2)cc1. The van der Waals surface area contributed by atoms with Crippen LogP contribution in [0.15, 0.2) is 47.0 Å². The number of aromatic nitrogens is 2. The minimum atomic E-state index is -1.68. The molecule has 0 radical (unpaired) electrons. The average molecular weight is 426 g/mol. The lowest BCUT2D eigenvalue weighted by Gasteiger charge is -2.22. The van der Waals surface area contributed by atoms with Crippen LogP contribution < -0.4 is 5.32 Å². The van der Waals surface area contributed by atoms with Crippen molar-refractivity contribution in [3.8, 4) is 11.4 Å². The van der Waals surface area contributed by atoms with Crippen LogP contribution in [0.5, 0.6) is 0 Å². The van der Waals surface area contributed by atoms with Gasteiger partial charge in [-0.15, -0.1) is 0 Å². The Morgan fingerprint density at radius 3 is 2.48 bits per heavy atom. The van der Waals surface area contributed by atoms with Gasteiger partial charge in [0, 0.05) is 17.2 Å². The predicted molar refractivity (Wildman–Crippen MR) is 107 cm³/mol. The van der Waals surface area contributed by atoms with Crippen LogP contribution in [0.25, 0.3) is 11.4 Å². The summed E-state index contributed by atoms with van der Waals surface area (Å²) in [6.45, 7) is 5.26. The van der Waals surface area contributed by atoms with E-state index in [0.29, 0.717) is 17.8 Å². The Bertz CT molecular complexity index is 1160. The minimum absolute atomic E-state index is 0.0512. The molecule has 3 amide bonds. The van der Waals surface area contributed by atoms with Crippen LogP contribution in [0, 0.1) is 11.6 Å². The highest BCUT2D eigenvalue weighted by atomic mass is 19.1. The van der Waals surface area contributed by atoms with Gasteiger partial charge in [0.05, 0.1) is 0 Å². The van der Waals surface area contributed by atoms with Gasteiger partial charge in [0.25, 0.3) is 5.91 Å². The molecule has 0 unspecified atom stereocenters. The van der Waals surface area contributed by atoms with Gasteiger partial charge in [-0.05, 0) is 24.5 Å². The second-order valence-electron chi connectivity index (χ2n) is 7.86. The van der Waals surface area contributed by atoms with E-state index in [0.717, 1.165) is 22.6 Å². The second-order valence-corrected chi connectivity index (χ2v) is 7.86. The molecule has 1 saturated heterocycles. The minimum Gasteiger partial charge on any atom is -0.337 e. The number of carbonyl (C=O) groups is 2. The molecule has 0 aliphatic carbocycles. The molecule has 31 heavy (non-hydrogen) atoms. The van der Waals surface area contributed by atoms with E-state index in [2.05, 4.69) is 29.3 Å². The monoisotopic (exact) mass is 426 g/mol. The first kappa shape index (κ1) is 20.6. The van der Waals surface area contributed by atoms with Crippen molar-refractivity contribution >= 4 is 11.9 Å². The summed E-state index contributed by atoms with van der Waals surface area (Å²) in [4.78, 5) is 30.5. The zero-order valence-electron chi connectivity index (χ0n) is 17.1. The van der Waals surface area contributed by atoms with E-state index in [9.17, 15) is 18.4 Å². The number of nitrogens with zero attached hydrogens (tertiary/aromatic N) is 3. The number of halogens is 2. The number of hydrogen-bond acceptors (Lipinski definition) is 5. The number of hydrogen-bond donors (Lipinski definition) is 1. The molecule has 9 heteroatoms. The van der Waals surface area contributed by atoms with Crippen molar-refractivity contribution in [3.05, 3.63) is 71.1 Å². The van der Waals surface area contributed by atoms with E-state index < -0.39 is 29.1 Å². The van der Waals surface area contributed by atoms with Gasteiger partial charge in [0.15, 0.2) is 0 Å². The van der Waals surface area contributed by atoms with Gasteiger partial charge in [-0.2, -0.15) is 4.98 Å².